The summed E-state index contributed by atoms with van der Waals surface area (Å²) < 4.78 is 5.58. The fraction of sp³-hybridized carbons (Fsp3) is 0.600. The van der Waals surface area contributed by atoms with Crippen LogP contribution in [0.3, 0.4) is 0 Å². The lowest BCUT2D eigenvalue weighted by atomic mass is 10.2. The van der Waals surface area contributed by atoms with E-state index in [1.807, 2.05) is 0 Å². The van der Waals surface area contributed by atoms with E-state index in [1.54, 1.807) is 6.07 Å². The molecular weight excluding hydrogens is 242 g/mol. The molecule has 1 aromatic heterocycles. The second-order valence-corrected chi connectivity index (χ2v) is 4.49. The van der Waals surface area contributed by atoms with Crippen LogP contribution in [0, 0.1) is 0 Å². The van der Waals surface area contributed by atoms with Crippen LogP contribution in [0.5, 0.6) is 0 Å². The first kappa shape index (κ1) is 12.3. The van der Waals surface area contributed by atoms with E-state index in [-0.39, 0.29) is 18.1 Å². The first-order valence-corrected chi connectivity index (χ1v) is 5.86. The number of aromatic nitrogens is 2. The van der Waals surface area contributed by atoms with Crippen LogP contribution >= 0.6 is 11.6 Å². The summed E-state index contributed by atoms with van der Waals surface area (Å²) in [6.45, 7) is 3.84. The number of morpholine rings is 1. The summed E-state index contributed by atoms with van der Waals surface area (Å²) in [5.41, 5.74) is 11.2. The van der Waals surface area contributed by atoms with Gasteiger partial charge >= 0.3 is 0 Å². The lowest BCUT2D eigenvalue weighted by Gasteiger charge is -2.38. The molecule has 2 rings (SSSR count). The summed E-state index contributed by atoms with van der Waals surface area (Å²) in [6, 6.07) is 1.91. The van der Waals surface area contributed by atoms with Crippen molar-refractivity contribution < 1.29 is 4.74 Å². The molecule has 1 saturated heterocycles. The Morgan fingerprint density at radius 3 is 3.00 bits per heavy atom. The Labute approximate surface area is 105 Å². The van der Waals surface area contributed by atoms with Crippen LogP contribution in [0.2, 0.25) is 5.15 Å². The van der Waals surface area contributed by atoms with Gasteiger partial charge in [-0.1, -0.05) is 11.6 Å². The molecule has 6 nitrogen and oxygen atoms in total. The minimum atomic E-state index is 0.0150. The highest BCUT2D eigenvalue weighted by molar-refractivity contribution is 6.29. The summed E-state index contributed by atoms with van der Waals surface area (Å²) in [7, 11) is 0. The van der Waals surface area contributed by atoms with E-state index in [0.29, 0.717) is 24.8 Å². The van der Waals surface area contributed by atoms with Gasteiger partial charge in [0.15, 0.2) is 0 Å². The number of nitrogen functional groups attached to an aromatic ring is 1. The van der Waals surface area contributed by atoms with Crippen LogP contribution < -0.4 is 16.4 Å². The second kappa shape index (κ2) is 5.03. The highest BCUT2D eigenvalue weighted by Gasteiger charge is 2.26. The molecular formula is C10H16ClN5O. The van der Waals surface area contributed by atoms with Crippen LogP contribution in [-0.4, -0.2) is 41.8 Å². The molecule has 4 N–H and O–H groups in total. The normalized spacial score (nSPS) is 25.0. The molecule has 2 heterocycles. The molecule has 0 saturated carbocycles. The van der Waals surface area contributed by atoms with Gasteiger partial charge in [-0.25, -0.2) is 4.98 Å². The summed E-state index contributed by atoms with van der Waals surface area (Å²) in [5.74, 6) is 0.896. The molecule has 0 aliphatic carbocycles. The molecule has 2 atom stereocenters. The maximum atomic E-state index is 5.87. The van der Waals surface area contributed by atoms with Gasteiger partial charge in [-0.05, 0) is 6.92 Å². The number of nitrogens with zero attached hydrogens (tertiary/aromatic N) is 3. The quantitative estimate of drug-likeness (QED) is 0.739. The van der Waals surface area contributed by atoms with Crippen LogP contribution in [0.15, 0.2) is 6.07 Å². The fourth-order valence-electron chi connectivity index (χ4n) is 1.85. The van der Waals surface area contributed by atoms with E-state index in [2.05, 4.69) is 21.8 Å². The summed E-state index contributed by atoms with van der Waals surface area (Å²) in [6.07, 6.45) is 0.0150. The molecule has 17 heavy (non-hydrogen) atoms. The van der Waals surface area contributed by atoms with E-state index in [9.17, 15) is 0 Å². The predicted octanol–water partition coefficient (Wildman–Crippen LogP) is 0.265. The largest absolute Gasteiger partial charge is 0.373 e. The third-order valence-electron chi connectivity index (χ3n) is 2.76. The molecule has 1 aromatic rings. The lowest BCUT2D eigenvalue weighted by Crippen LogP contribution is -2.51. The smallest absolute Gasteiger partial charge is 0.223 e. The number of hydrogen-bond acceptors (Lipinski definition) is 6. The van der Waals surface area contributed by atoms with Gasteiger partial charge in [-0.15, -0.1) is 0 Å². The highest BCUT2D eigenvalue weighted by atomic mass is 35.5. The summed E-state index contributed by atoms with van der Waals surface area (Å²) >= 11 is 5.87. The molecule has 1 fully saturated rings. The van der Waals surface area contributed by atoms with Crippen molar-refractivity contribution in [2.75, 3.05) is 30.3 Å². The van der Waals surface area contributed by atoms with Crippen molar-refractivity contribution in [3.8, 4) is 0 Å². The lowest BCUT2D eigenvalue weighted by molar-refractivity contribution is 0.0280. The topological polar surface area (TPSA) is 90.3 Å². The molecule has 0 spiro atoms. The Hall–Kier alpha value is -1.11. The van der Waals surface area contributed by atoms with Crippen molar-refractivity contribution >= 4 is 23.4 Å². The third kappa shape index (κ3) is 2.77. The SMILES string of the molecule is CC1COC(CN)CN1c1cc(Cl)nc(N)n1. The Bertz CT molecular complexity index is 382. The van der Waals surface area contributed by atoms with E-state index in [0.717, 1.165) is 5.82 Å². The average molecular weight is 258 g/mol. The van der Waals surface area contributed by atoms with Crippen molar-refractivity contribution in [2.24, 2.45) is 5.73 Å². The maximum absolute atomic E-state index is 5.87. The van der Waals surface area contributed by atoms with Crippen molar-refractivity contribution in [1.29, 1.82) is 0 Å². The van der Waals surface area contributed by atoms with Crippen LogP contribution in [0.1, 0.15) is 6.92 Å². The van der Waals surface area contributed by atoms with Crippen molar-refractivity contribution in [3.05, 3.63) is 11.2 Å². The van der Waals surface area contributed by atoms with Crippen LogP contribution in [0.25, 0.3) is 0 Å². The number of anilines is 2. The van der Waals surface area contributed by atoms with E-state index in [4.69, 9.17) is 27.8 Å². The summed E-state index contributed by atoms with van der Waals surface area (Å²) in [5, 5.41) is 0.343. The number of hydrogen-bond donors (Lipinski definition) is 2. The van der Waals surface area contributed by atoms with Gasteiger partial charge in [0.25, 0.3) is 0 Å². The number of ether oxygens (including phenoxy) is 1. The standard InChI is InChI=1S/C10H16ClN5O/c1-6-5-17-7(3-12)4-16(6)9-2-8(11)14-10(13)15-9/h2,6-7H,3-5,12H2,1H3,(H2,13,14,15). The van der Waals surface area contributed by atoms with E-state index >= 15 is 0 Å². The number of rotatable bonds is 2. The molecule has 0 radical (unpaired) electrons. The van der Waals surface area contributed by atoms with Gasteiger partial charge in [0.05, 0.1) is 18.8 Å². The first-order chi connectivity index (χ1) is 8.10. The zero-order valence-corrected chi connectivity index (χ0v) is 10.4. The van der Waals surface area contributed by atoms with Crippen molar-refractivity contribution in [1.82, 2.24) is 9.97 Å². The fourth-order valence-corrected chi connectivity index (χ4v) is 2.03. The number of halogens is 1. The van der Waals surface area contributed by atoms with Gasteiger partial charge in [0.1, 0.15) is 11.0 Å². The Morgan fingerprint density at radius 1 is 1.59 bits per heavy atom. The third-order valence-corrected chi connectivity index (χ3v) is 2.95. The van der Waals surface area contributed by atoms with Gasteiger partial charge < -0.3 is 21.1 Å². The van der Waals surface area contributed by atoms with Gasteiger partial charge in [-0.2, -0.15) is 4.98 Å². The van der Waals surface area contributed by atoms with Gasteiger partial charge in [0, 0.05) is 19.2 Å². The first-order valence-electron chi connectivity index (χ1n) is 5.48. The molecule has 2 unspecified atom stereocenters. The highest BCUT2D eigenvalue weighted by Crippen LogP contribution is 2.22. The van der Waals surface area contributed by atoms with Crippen molar-refractivity contribution in [2.45, 2.75) is 19.1 Å². The molecule has 94 valence electrons. The predicted molar refractivity (Wildman–Crippen MR) is 67.1 cm³/mol. The Kier molecular flexibility index (Phi) is 3.66. The van der Waals surface area contributed by atoms with E-state index < -0.39 is 0 Å². The van der Waals surface area contributed by atoms with Gasteiger partial charge in [0.2, 0.25) is 5.95 Å². The molecule has 0 aromatic carbocycles. The average Bonchev–Trinajstić information content (AvgIpc) is 2.28. The van der Waals surface area contributed by atoms with Crippen LogP contribution in [0.4, 0.5) is 11.8 Å². The molecule has 0 bridgehead atoms. The monoisotopic (exact) mass is 257 g/mol. The molecule has 7 heteroatoms. The zero-order chi connectivity index (χ0) is 12.4. The van der Waals surface area contributed by atoms with E-state index in [1.165, 1.54) is 0 Å². The second-order valence-electron chi connectivity index (χ2n) is 4.10. The maximum Gasteiger partial charge on any atom is 0.223 e. The van der Waals surface area contributed by atoms with Crippen molar-refractivity contribution in [3.63, 3.8) is 0 Å². The molecule has 0 amide bonds. The van der Waals surface area contributed by atoms with Crippen LogP contribution in [-0.2, 0) is 4.74 Å². The Morgan fingerprint density at radius 2 is 2.35 bits per heavy atom. The molecule has 1 aliphatic rings. The number of nitrogens with two attached hydrogens (primary N) is 2. The zero-order valence-electron chi connectivity index (χ0n) is 9.64. The minimum absolute atomic E-state index is 0.0150. The minimum Gasteiger partial charge on any atom is -0.373 e. The van der Waals surface area contributed by atoms with Gasteiger partial charge in [-0.3, -0.25) is 0 Å². The summed E-state index contributed by atoms with van der Waals surface area (Å²) in [4.78, 5) is 10.1. The Balaban J connectivity index is 2.24. The molecule has 1 aliphatic heterocycles.